The Kier molecular flexibility index (Phi) is 6.28. The predicted octanol–water partition coefficient (Wildman–Crippen LogP) is 2.42. The summed E-state index contributed by atoms with van der Waals surface area (Å²) in [6, 6.07) is 7.91. The van der Waals surface area contributed by atoms with Crippen LogP contribution in [-0.4, -0.2) is 37.1 Å². The number of benzene rings is 1. The molecule has 0 aliphatic heterocycles. The second kappa shape index (κ2) is 7.48. The molecule has 0 aliphatic carbocycles. The third kappa shape index (κ3) is 6.57. The largest absolute Gasteiger partial charge is 0.389 e. The Balaban J connectivity index is 2.43. The van der Waals surface area contributed by atoms with E-state index >= 15 is 0 Å². The Labute approximate surface area is 115 Å². The highest BCUT2D eigenvalue weighted by molar-refractivity contribution is 5.50. The van der Waals surface area contributed by atoms with E-state index in [1.54, 1.807) is 7.11 Å². The van der Waals surface area contributed by atoms with Gasteiger partial charge in [0.25, 0.3) is 0 Å². The van der Waals surface area contributed by atoms with Crippen LogP contribution in [0.4, 0.5) is 5.69 Å². The average molecular weight is 267 g/mol. The van der Waals surface area contributed by atoms with Crippen molar-refractivity contribution in [1.82, 2.24) is 0 Å². The van der Waals surface area contributed by atoms with E-state index in [1.807, 2.05) is 45.0 Å². The van der Waals surface area contributed by atoms with Crippen LogP contribution in [-0.2, 0) is 16.1 Å². The molecule has 0 heterocycles. The van der Waals surface area contributed by atoms with Crippen molar-refractivity contribution >= 4 is 5.69 Å². The summed E-state index contributed by atoms with van der Waals surface area (Å²) in [7, 11) is 1.67. The Bertz CT molecular complexity index is 374. The molecule has 2 N–H and O–H groups in total. The number of aliphatic hydroxyl groups excluding tert-OH is 1. The number of aliphatic hydroxyl groups is 1. The molecule has 0 fully saturated rings. The van der Waals surface area contributed by atoms with Gasteiger partial charge in [-0.3, -0.25) is 0 Å². The maximum Gasteiger partial charge on any atom is 0.0945 e. The van der Waals surface area contributed by atoms with Crippen molar-refractivity contribution in [1.29, 1.82) is 0 Å². The Morgan fingerprint density at radius 1 is 1.26 bits per heavy atom. The van der Waals surface area contributed by atoms with Crippen molar-refractivity contribution < 1.29 is 14.6 Å². The van der Waals surface area contributed by atoms with Gasteiger partial charge in [0, 0.05) is 24.9 Å². The molecule has 0 aromatic heterocycles. The van der Waals surface area contributed by atoms with Crippen LogP contribution in [0.5, 0.6) is 0 Å². The predicted molar refractivity (Wildman–Crippen MR) is 77.4 cm³/mol. The average Bonchev–Trinajstić information content (AvgIpc) is 2.35. The fourth-order valence-electron chi connectivity index (χ4n) is 1.61. The molecular formula is C15H25NO3. The van der Waals surface area contributed by atoms with Crippen molar-refractivity contribution in [2.24, 2.45) is 0 Å². The van der Waals surface area contributed by atoms with Crippen LogP contribution >= 0.6 is 0 Å². The van der Waals surface area contributed by atoms with Gasteiger partial charge >= 0.3 is 0 Å². The number of nitrogens with one attached hydrogen (secondary N) is 1. The number of ether oxygens (including phenoxy) is 2. The minimum Gasteiger partial charge on any atom is -0.389 e. The summed E-state index contributed by atoms with van der Waals surface area (Å²) in [5, 5.41) is 13.1. The first-order valence-electron chi connectivity index (χ1n) is 6.55. The maximum absolute atomic E-state index is 9.88. The smallest absolute Gasteiger partial charge is 0.0945 e. The van der Waals surface area contributed by atoms with E-state index in [0.717, 1.165) is 11.3 Å². The molecule has 4 heteroatoms. The van der Waals surface area contributed by atoms with Gasteiger partial charge in [0.05, 0.1) is 24.9 Å². The standard InChI is InChI=1S/C15H25NO3/c1-15(2,3)19-11-13(17)9-16-14-8-6-5-7-12(14)10-18-4/h5-8,13,16-17H,9-11H2,1-4H3. The molecule has 1 aromatic rings. The van der Waals surface area contributed by atoms with Crippen LogP contribution in [0, 0.1) is 0 Å². The lowest BCUT2D eigenvalue weighted by molar-refractivity contribution is -0.0449. The quantitative estimate of drug-likeness (QED) is 0.796. The molecule has 1 unspecified atom stereocenters. The van der Waals surface area contributed by atoms with Crippen molar-refractivity contribution in [3.8, 4) is 0 Å². The summed E-state index contributed by atoms with van der Waals surface area (Å²) in [5.41, 5.74) is 1.84. The zero-order valence-electron chi connectivity index (χ0n) is 12.3. The minimum atomic E-state index is -0.533. The Morgan fingerprint density at radius 3 is 2.58 bits per heavy atom. The maximum atomic E-state index is 9.88. The van der Waals surface area contributed by atoms with Gasteiger partial charge < -0.3 is 19.9 Å². The van der Waals surface area contributed by atoms with E-state index in [2.05, 4.69) is 5.32 Å². The summed E-state index contributed by atoms with van der Waals surface area (Å²) in [6.07, 6.45) is -0.533. The molecule has 1 rings (SSSR count). The molecule has 0 saturated heterocycles. The van der Waals surface area contributed by atoms with Gasteiger partial charge in [0.15, 0.2) is 0 Å². The number of methoxy groups -OCH3 is 1. The van der Waals surface area contributed by atoms with Crippen LogP contribution in [0.15, 0.2) is 24.3 Å². The Morgan fingerprint density at radius 2 is 1.95 bits per heavy atom. The molecule has 4 nitrogen and oxygen atoms in total. The van der Waals surface area contributed by atoms with Crippen molar-refractivity contribution in [2.75, 3.05) is 25.6 Å². The van der Waals surface area contributed by atoms with E-state index in [0.29, 0.717) is 19.8 Å². The zero-order chi connectivity index (χ0) is 14.3. The van der Waals surface area contributed by atoms with E-state index in [4.69, 9.17) is 9.47 Å². The van der Waals surface area contributed by atoms with Gasteiger partial charge in [-0.15, -0.1) is 0 Å². The van der Waals surface area contributed by atoms with Gasteiger partial charge in [-0.1, -0.05) is 18.2 Å². The summed E-state index contributed by atoms with van der Waals surface area (Å²) >= 11 is 0. The molecule has 0 saturated carbocycles. The van der Waals surface area contributed by atoms with Crippen LogP contribution in [0.1, 0.15) is 26.3 Å². The first kappa shape index (κ1) is 16.0. The van der Waals surface area contributed by atoms with E-state index in [9.17, 15) is 5.11 Å². The number of rotatable bonds is 7. The molecule has 0 spiro atoms. The number of hydrogen-bond donors (Lipinski definition) is 2. The SMILES string of the molecule is COCc1ccccc1NCC(O)COC(C)(C)C. The van der Waals surface area contributed by atoms with Gasteiger partial charge in [-0.2, -0.15) is 0 Å². The topological polar surface area (TPSA) is 50.7 Å². The summed E-state index contributed by atoms with van der Waals surface area (Å²) in [4.78, 5) is 0. The number of para-hydroxylation sites is 1. The third-order valence-corrected chi connectivity index (χ3v) is 2.55. The second-order valence-corrected chi connectivity index (χ2v) is 5.55. The molecular weight excluding hydrogens is 242 g/mol. The van der Waals surface area contributed by atoms with E-state index in [-0.39, 0.29) is 5.60 Å². The molecule has 0 amide bonds. The van der Waals surface area contributed by atoms with Crippen molar-refractivity contribution in [3.05, 3.63) is 29.8 Å². The minimum absolute atomic E-state index is 0.227. The zero-order valence-corrected chi connectivity index (χ0v) is 12.3. The molecule has 0 aliphatic rings. The highest BCUT2D eigenvalue weighted by Gasteiger charge is 2.13. The van der Waals surface area contributed by atoms with Crippen LogP contribution in [0.25, 0.3) is 0 Å². The van der Waals surface area contributed by atoms with Crippen LogP contribution in [0.2, 0.25) is 0 Å². The fourth-order valence-corrected chi connectivity index (χ4v) is 1.61. The van der Waals surface area contributed by atoms with Crippen molar-refractivity contribution in [3.63, 3.8) is 0 Å². The lowest BCUT2D eigenvalue weighted by Crippen LogP contribution is -2.30. The molecule has 0 radical (unpaired) electrons. The lowest BCUT2D eigenvalue weighted by atomic mass is 10.2. The highest BCUT2D eigenvalue weighted by atomic mass is 16.5. The number of hydrogen-bond acceptors (Lipinski definition) is 4. The van der Waals surface area contributed by atoms with E-state index < -0.39 is 6.10 Å². The second-order valence-electron chi connectivity index (χ2n) is 5.55. The molecule has 19 heavy (non-hydrogen) atoms. The molecule has 1 atom stereocenters. The number of anilines is 1. The first-order chi connectivity index (χ1) is 8.92. The highest BCUT2D eigenvalue weighted by Crippen LogP contribution is 2.16. The van der Waals surface area contributed by atoms with Crippen molar-refractivity contribution in [2.45, 2.75) is 39.1 Å². The van der Waals surface area contributed by atoms with Crippen LogP contribution in [0.3, 0.4) is 0 Å². The van der Waals surface area contributed by atoms with Gasteiger partial charge in [0.2, 0.25) is 0 Å². The molecule has 1 aromatic carbocycles. The fraction of sp³-hybridized carbons (Fsp3) is 0.600. The van der Waals surface area contributed by atoms with E-state index in [1.165, 1.54) is 0 Å². The van der Waals surface area contributed by atoms with Gasteiger partial charge in [-0.05, 0) is 26.8 Å². The molecule has 0 bridgehead atoms. The lowest BCUT2D eigenvalue weighted by Gasteiger charge is -2.22. The summed E-state index contributed by atoms with van der Waals surface area (Å²) in [5.74, 6) is 0. The summed E-state index contributed by atoms with van der Waals surface area (Å²) < 4.78 is 10.7. The summed E-state index contributed by atoms with van der Waals surface area (Å²) in [6.45, 7) is 7.25. The monoisotopic (exact) mass is 267 g/mol. The normalized spacial score (nSPS) is 13.3. The molecule has 108 valence electrons. The third-order valence-electron chi connectivity index (χ3n) is 2.55. The Hall–Kier alpha value is -1.10. The van der Waals surface area contributed by atoms with Gasteiger partial charge in [0.1, 0.15) is 0 Å². The first-order valence-corrected chi connectivity index (χ1v) is 6.55. The van der Waals surface area contributed by atoms with Crippen LogP contribution < -0.4 is 5.32 Å². The van der Waals surface area contributed by atoms with Gasteiger partial charge in [-0.25, -0.2) is 0 Å².